The van der Waals surface area contributed by atoms with E-state index >= 15 is 0 Å². The van der Waals surface area contributed by atoms with Gasteiger partial charge in [-0.1, -0.05) is 24.6 Å². The Bertz CT molecular complexity index is 1200. The number of fused-ring (bicyclic) bond motifs is 2. The number of hydrogen-bond donors (Lipinski definition) is 1. The van der Waals surface area contributed by atoms with E-state index in [0.29, 0.717) is 12.1 Å². The van der Waals surface area contributed by atoms with Gasteiger partial charge < -0.3 is 19.5 Å². The van der Waals surface area contributed by atoms with Gasteiger partial charge in [-0.25, -0.2) is 9.59 Å². The molecule has 11 heteroatoms. The highest BCUT2D eigenvalue weighted by Crippen LogP contribution is 2.52. The molecule has 0 bridgehead atoms. The summed E-state index contributed by atoms with van der Waals surface area (Å²) in [6, 6.07) is 11.4. The van der Waals surface area contributed by atoms with Crippen molar-refractivity contribution in [3.05, 3.63) is 59.7 Å². The van der Waals surface area contributed by atoms with Crippen molar-refractivity contribution in [1.82, 2.24) is 4.90 Å². The smallest absolute Gasteiger partial charge is 0.479 e. The summed E-state index contributed by atoms with van der Waals surface area (Å²) in [5.41, 5.74) is 1.59. The molecule has 5 rings (SSSR count). The second kappa shape index (κ2) is 9.60. The van der Waals surface area contributed by atoms with Crippen LogP contribution in [0.1, 0.15) is 54.1 Å². The minimum Gasteiger partial charge on any atom is -0.479 e. The summed E-state index contributed by atoms with van der Waals surface area (Å²) in [5.74, 6) is -2.12. The number of aliphatic carboxylic acids is 1. The molecule has 1 heterocycles. The fraction of sp³-hybridized carbons (Fsp3) is 0.423. The summed E-state index contributed by atoms with van der Waals surface area (Å²) < 4.78 is 46.7. The van der Waals surface area contributed by atoms with Crippen LogP contribution in [0.4, 0.5) is 23.7 Å². The molecule has 1 N–H and O–H groups in total. The second-order valence-corrected chi connectivity index (χ2v) is 9.50. The number of carboxylic acid groups (broad SMARTS) is 1. The Labute approximate surface area is 210 Å². The zero-order valence-corrected chi connectivity index (χ0v) is 19.7. The maximum atomic E-state index is 13.7. The number of para-hydroxylation sites is 1. The van der Waals surface area contributed by atoms with E-state index in [-0.39, 0.29) is 35.5 Å². The molecule has 2 aromatic rings. The summed E-state index contributed by atoms with van der Waals surface area (Å²) in [6.45, 7) is -0.733. The Kier molecular flexibility index (Phi) is 6.47. The lowest BCUT2D eigenvalue weighted by Gasteiger charge is -2.47. The monoisotopic (exact) mass is 518 g/mol. The lowest BCUT2D eigenvalue weighted by atomic mass is 9.81. The van der Waals surface area contributed by atoms with Gasteiger partial charge in [-0.15, -0.1) is 13.2 Å². The first-order valence-electron chi connectivity index (χ1n) is 12.1. The molecule has 1 aliphatic heterocycles. The van der Waals surface area contributed by atoms with Crippen LogP contribution in [-0.2, 0) is 9.53 Å². The number of ether oxygens (including phenoxy) is 2. The van der Waals surface area contributed by atoms with Crippen molar-refractivity contribution in [2.45, 2.75) is 56.6 Å². The maximum absolute atomic E-state index is 13.7. The largest absolute Gasteiger partial charge is 0.573 e. The number of amides is 2. The molecule has 8 nitrogen and oxygen atoms in total. The number of hydrogen-bond acceptors (Lipinski definition) is 5. The summed E-state index contributed by atoms with van der Waals surface area (Å²) in [4.78, 5) is 41.1. The molecule has 2 saturated carbocycles. The molecule has 2 amide bonds. The second-order valence-electron chi connectivity index (χ2n) is 9.50. The third-order valence-corrected chi connectivity index (χ3v) is 7.11. The number of rotatable bonds is 6. The van der Waals surface area contributed by atoms with Crippen molar-refractivity contribution >= 4 is 23.7 Å². The molecule has 2 fully saturated rings. The molecule has 2 aromatic carbocycles. The molecular formula is C26H25F3N2O6. The van der Waals surface area contributed by atoms with Crippen LogP contribution in [0.15, 0.2) is 48.5 Å². The molecule has 0 radical (unpaired) electrons. The predicted molar refractivity (Wildman–Crippen MR) is 124 cm³/mol. The number of carbonyl (C=O) groups excluding carboxylic acids is 2. The van der Waals surface area contributed by atoms with Gasteiger partial charge in [0, 0.05) is 29.3 Å². The molecule has 3 atom stereocenters. The van der Waals surface area contributed by atoms with Gasteiger partial charge in [-0.05, 0) is 61.6 Å². The van der Waals surface area contributed by atoms with Gasteiger partial charge in [-0.2, -0.15) is 0 Å². The minimum absolute atomic E-state index is 0.0657. The first kappa shape index (κ1) is 24.9. The third-order valence-electron chi connectivity index (χ3n) is 7.11. The summed E-state index contributed by atoms with van der Waals surface area (Å²) in [7, 11) is 0. The van der Waals surface area contributed by atoms with Crippen LogP contribution in [0.5, 0.6) is 5.75 Å². The Balaban J connectivity index is 1.49. The van der Waals surface area contributed by atoms with E-state index < -0.39 is 30.8 Å². The van der Waals surface area contributed by atoms with Crippen molar-refractivity contribution in [3.8, 4) is 5.75 Å². The van der Waals surface area contributed by atoms with Gasteiger partial charge in [0.25, 0.3) is 5.91 Å². The summed E-state index contributed by atoms with van der Waals surface area (Å²) in [6.07, 6.45) is -1.68. The number of anilines is 1. The van der Waals surface area contributed by atoms with Crippen molar-refractivity contribution in [2.24, 2.45) is 5.92 Å². The van der Waals surface area contributed by atoms with Crippen LogP contribution >= 0.6 is 0 Å². The Morgan fingerprint density at radius 1 is 1.00 bits per heavy atom. The van der Waals surface area contributed by atoms with Crippen LogP contribution in [0, 0.1) is 5.92 Å². The van der Waals surface area contributed by atoms with E-state index in [9.17, 15) is 27.6 Å². The van der Waals surface area contributed by atoms with Gasteiger partial charge in [0.15, 0.2) is 6.61 Å². The fourth-order valence-electron chi connectivity index (χ4n) is 5.62. The number of benzene rings is 2. The van der Waals surface area contributed by atoms with Crippen LogP contribution in [0.2, 0.25) is 0 Å². The highest BCUT2D eigenvalue weighted by Gasteiger charge is 2.52. The van der Waals surface area contributed by atoms with E-state index in [0.717, 1.165) is 43.4 Å². The SMILES string of the molecule is O=C(O)COC(=O)N(C1CC1)C1c2ccccc2N(C(=O)c2ccc(OC(F)(F)F)cc2)C2CCCC21. The first-order chi connectivity index (χ1) is 17.6. The molecule has 0 spiro atoms. The topological polar surface area (TPSA) is 96.4 Å². The molecule has 37 heavy (non-hydrogen) atoms. The van der Waals surface area contributed by atoms with Crippen LogP contribution < -0.4 is 9.64 Å². The third kappa shape index (κ3) is 5.07. The number of carboxylic acids is 1. The van der Waals surface area contributed by atoms with Crippen molar-refractivity contribution in [3.63, 3.8) is 0 Å². The van der Waals surface area contributed by atoms with Gasteiger partial charge in [0.1, 0.15) is 5.75 Å². The van der Waals surface area contributed by atoms with Crippen molar-refractivity contribution in [1.29, 1.82) is 0 Å². The molecule has 0 aromatic heterocycles. The summed E-state index contributed by atoms with van der Waals surface area (Å²) >= 11 is 0. The van der Waals surface area contributed by atoms with Crippen molar-refractivity contribution < 1.29 is 42.1 Å². The molecule has 0 saturated heterocycles. The van der Waals surface area contributed by atoms with E-state index in [1.807, 2.05) is 12.1 Å². The Morgan fingerprint density at radius 3 is 2.35 bits per heavy atom. The van der Waals surface area contributed by atoms with Crippen LogP contribution in [-0.4, -0.2) is 53.0 Å². The van der Waals surface area contributed by atoms with Crippen molar-refractivity contribution in [2.75, 3.05) is 11.5 Å². The normalized spacial score (nSPS) is 22.6. The van der Waals surface area contributed by atoms with E-state index in [2.05, 4.69) is 4.74 Å². The molecule has 2 aliphatic carbocycles. The highest BCUT2D eigenvalue weighted by molar-refractivity contribution is 6.07. The maximum Gasteiger partial charge on any atom is 0.573 e. The number of nitrogens with zero attached hydrogens (tertiary/aromatic N) is 2. The van der Waals surface area contributed by atoms with Crippen LogP contribution in [0.3, 0.4) is 0 Å². The van der Waals surface area contributed by atoms with E-state index in [4.69, 9.17) is 9.84 Å². The van der Waals surface area contributed by atoms with E-state index in [1.54, 1.807) is 21.9 Å². The lowest BCUT2D eigenvalue weighted by Crippen LogP contribution is -2.53. The van der Waals surface area contributed by atoms with Crippen LogP contribution in [0.25, 0.3) is 0 Å². The number of alkyl halides is 3. The Hall–Kier alpha value is -3.76. The van der Waals surface area contributed by atoms with Gasteiger partial charge in [0.05, 0.1) is 6.04 Å². The van der Waals surface area contributed by atoms with E-state index in [1.165, 1.54) is 12.1 Å². The average Bonchev–Trinajstić information content (AvgIpc) is 3.57. The lowest BCUT2D eigenvalue weighted by molar-refractivity contribution is -0.274. The van der Waals surface area contributed by atoms with Gasteiger partial charge in [-0.3, -0.25) is 9.69 Å². The highest BCUT2D eigenvalue weighted by atomic mass is 19.4. The molecule has 3 unspecified atom stereocenters. The predicted octanol–water partition coefficient (Wildman–Crippen LogP) is 5.14. The summed E-state index contributed by atoms with van der Waals surface area (Å²) in [5, 5.41) is 8.99. The zero-order chi connectivity index (χ0) is 26.3. The fourth-order valence-corrected chi connectivity index (χ4v) is 5.62. The first-order valence-corrected chi connectivity index (χ1v) is 12.1. The van der Waals surface area contributed by atoms with Gasteiger partial charge >= 0.3 is 18.4 Å². The van der Waals surface area contributed by atoms with Gasteiger partial charge in [0.2, 0.25) is 0 Å². The quantitative estimate of drug-likeness (QED) is 0.569. The zero-order valence-electron chi connectivity index (χ0n) is 19.7. The standard InChI is InChI=1S/C26H25F3N2O6/c27-26(28,29)37-17-12-8-15(9-13-17)24(34)31-20-6-2-1-4-18(20)23(19-5-3-7-21(19)31)30(16-10-11-16)25(35)36-14-22(32)33/h1-2,4,6,8-9,12-13,16,19,21,23H,3,5,7,10-11,14H2,(H,32,33). The molecule has 3 aliphatic rings. The number of carbonyl (C=O) groups is 3. The molecule has 196 valence electrons. The average molecular weight is 518 g/mol. The molecular weight excluding hydrogens is 493 g/mol. The minimum atomic E-state index is -4.83. The Morgan fingerprint density at radius 2 is 1.70 bits per heavy atom. The number of halogens is 3.